The van der Waals surface area contributed by atoms with Crippen molar-refractivity contribution in [2.24, 2.45) is 7.05 Å². The number of rotatable bonds is 3. The van der Waals surface area contributed by atoms with Gasteiger partial charge in [0.15, 0.2) is 0 Å². The molecule has 6 heteroatoms. The van der Waals surface area contributed by atoms with E-state index in [2.05, 4.69) is 21.0 Å². The largest absolute Gasteiger partial charge is 0.457 e. The first kappa shape index (κ1) is 12.6. The number of nitrogen functional groups attached to an aromatic ring is 1. The highest BCUT2D eigenvalue weighted by Crippen LogP contribution is 2.20. The van der Waals surface area contributed by atoms with Gasteiger partial charge in [0.2, 0.25) is 0 Å². The fourth-order valence-electron chi connectivity index (χ4n) is 1.47. The smallest absolute Gasteiger partial charge is 0.339 e. The van der Waals surface area contributed by atoms with Gasteiger partial charge in [0.25, 0.3) is 0 Å². The van der Waals surface area contributed by atoms with Gasteiger partial charge in [0.05, 0.1) is 11.8 Å². The van der Waals surface area contributed by atoms with Crippen molar-refractivity contribution in [3.63, 3.8) is 0 Å². The molecule has 0 bridgehead atoms. The van der Waals surface area contributed by atoms with E-state index >= 15 is 0 Å². The number of nitrogens with zero attached hydrogens (tertiary/aromatic N) is 2. The minimum absolute atomic E-state index is 0.188. The summed E-state index contributed by atoms with van der Waals surface area (Å²) in [5.41, 5.74) is 7.41. The average molecular weight is 310 g/mol. The normalized spacial score (nSPS) is 10.3. The first-order valence-electron chi connectivity index (χ1n) is 5.26. The summed E-state index contributed by atoms with van der Waals surface area (Å²) in [6, 6.07) is 5.01. The second-order valence-corrected chi connectivity index (χ2v) is 4.69. The first-order valence-corrected chi connectivity index (χ1v) is 6.05. The summed E-state index contributed by atoms with van der Waals surface area (Å²) in [6.07, 6.45) is 3.45. The van der Waals surface area contributed by atoms with Crippen LogP contribution in [0, 0.1) is 0 Å². The van der Waals surface area contributed by atoms with Gasteiger partial charge in [0.1, 0.15) is 6.61 Å². The molecule has 5 nitrogen and oxygen atoms in total. The Morgan fingerprint density at radius 1 is 1.56 bits per heavy atom. The average Bonchev–Trinajstić information content (AvgIpc) is 2.75. The molecule has 0 amide bonds. The van der Waals surface area contributed by atoms with Gasteiger partial charge in [-0.15, -0.1) is 0 Å². The number of hydrogen-bond donors (Lipinski definition) is 1. The molecule has 2 aromatic rings. The third kappa shape index (κ3) is 2.89. The summed E-state index contributed by atoms with van der Waals surface area (Å²) in [5, 5.41) is 4.00. The summed E-state index contributed by atoms with van der Waals surface area (Å²) in [5.74, 6) is -0.418. The van der Waals surface area contributed by atoms with Gasteiger partial charge in [-0.3, -0.25) is 4.68 Å². The molecule has 0 atom stereocenters. The number of carbonyl (C=O) groups is 1. The van der Waals surface area contributed by atoms with E-state index in [1.54, 1.807) is 42.3 Å². The van der Waals surface area contributed by atoms with Crippen LogP contribution in [-0.4, -0.2) is 15.7 Å². The summed E-state index contributed by atoms with van der Waals surface area (Å²) >= 11 is 3.29. The number of benzene rings is 1. The summed E-state index contributed by atoms with van der Waals surface area (Å²) in [6.45, 7) is 0.188. The van der Waals surface area contributed by atoms with Gasteiger partial charge in [-0.1, -0.05) is 0 Å². The van der Waals surface area contributed by atoms with Gasteiger partial charge in [0, 0.05) is 29.0 Å². The van der Waals surface area contributed by atoms with Crippen molar-refractivity contribution in [1.82, 2.24) is 9.78 Å². The number of nitrogens with two attached hydrogens (primary N) is 1. The zero-order valence-corrected chi connectivity index (χ0v) is 11.3. The van der Waals surface area contributed by atoms with Crippen molar-refractivity contribution in [3.8, 4) is 0 Å². The van der Waals surface area contributed by atoms with Crippen molar-refractivity contribution < 1.29 is 9.53 Å². The Kier molecular flexibility index (Phi) is 3.66. The minimum atomic E-state index is -0.418. The monoisotopic (exact) mass is 309 g/mol. The molecule has 0 aliphatic heterocycles. The van der Waals surface area contributed by atoms with Crippen LogP contribution >= 0.6 is 15.9 Å². The Hall–Kier alpha value is -1.82. The van der Waals surface area contributed by atoms with Crippen LogP contribution in [0.4, 0.5) is 5.69 Å². The van der Waals surface area contributed by atoms with Crippen molar-refractivity contribution in [2.75, 3.05) is 5.73 Å². The van der Waals surface area contributed by atoms with E-state index in [4.69, 9.17) is 10.5 Å². The van der Waals surface area contributed by atoms with Gasteiger partial charge in [-0.25, -0.2) is 4.79 Å². The van der Waals surface area contributed by atoms with Gasteiger partial charge in [-0.2, -0.15) is 5.10 Å². The van der Waals surface area contributed by atoms with E-state index in [9.17, 15) is 4.79 Å². The van der Waals surface area contributed by atoms with Gasteiger partial charge < -0.3 is 10.5 Å². The molecule has 0 saturated heterocycles. The third-order valence-electron chi connectivity index (χ3n) is 2.34. The number of anilines is 1. The zero-order valence-electron chi connectivity index (χ0n) is 9.76. The third-order valence-corrected chi connectivity index (χ3v) is 3.03. The number of aryl methyl sites for hydroxylation is 1. The van der Waals surface area contributed by atoms with Crippen LogP contribution in [0.3, 0.4) is 0 Å². The van der Waals surface area contributed by atoms with Crippen LogP contribution in [-0.2, 0) is 18.4 Å². The lowest BCUT2D eigenvalue weighted by atomic mass is 10.2. The summed E-state index contributed by atoms with van der Waals surface area (Å²) < 4.78 is 7.50. The van der Waals surface area contributed by atoms with Crippen LogP contribution < -0.4 is 5.73 Å². The van der Waals surface area contributed by atoms with Crippen molar-refractivity contribution in [2.45, 2.75) is 6.61 Å². The van der Waals surface area contributed by atoms with E-state index in [1.165, 1.54) is 0 Å². The molecule has 1 aromatic carbocycles. The number of aromatic nitrogens is 2. The Morgan fingerprint density at radius 3 is 3.00 bits per heavy atom. The molecular weight excluding hydrogens is 298 g/mol. The predicted octanol–water partition coefficient (Wildman–Crippen LogP) is 2.12. The van der Waals surface area contributed by atoms with Crippen LogP contribution in [0.1, 0.15) is 15.9 Å². The highest BCUT2D eigenvalue weighted by Gasteiger charge is 2.12. The van der Waals surface area contributed by atoms with Crippen molar-refractivity contribution >= 4 is 27.6 Å². The van der Waals surface area contributed by atoms with Crippen molar-refractivity contribution in [3.05, 3.63) is 46.2 Å². The molecule has 0 fully saturated rings. The maximum absolute atomic E-state index is 11.9. The number of carbonyl (C=O) groups excluding carboxylic acids is 1. The molecule has 0 aliphatic carbocycles. The van der Waals surface area contributed by atoms with Crippen LogP contribution in [0.25, 0.3) is 0 Å². The number of hydrogen-bond acceptors (Lipinski definition) is 4. The topological polar surface area (TPSA) is 70.1 Å². The number of ether oxygens (including phenoxy) is 1. The highest BCUT2D eigenvalue weighted by molar-refractivity contribution is 9.10. The molecule has 0 unspecified atom stereocenters. The molecule has 94 valence electrons. The lowest BCUT2D eigenvalue weighted by molar-refractivity contribution is 0.0471. The van der Waals surface area contributed by atoms with E-state index in [0.29, 0.717) is 15.7 Å². The molecule has 0 spiro atoms. The van der Waals surface area contributed by atoms with Crippen molar-refractivity contribution in [1.29, 1.82) is 0 Å². The Balaban J connectivity index is 2.05. The van der Waals surface area contributed by atoms with Crippen LogP contribution in [0.15, 0.2) is 35.1 Å². The van der Waals surface area contributed by atoms with Crippen LogP contribution in [0.5, 0.6) is 0 Å². The number of halogens is 1. The van der Waals surface area contributed by atoms with Crippen LogP contribution in [0.2, 0.25) is 0 Å². The predicted molar refractivity (Wildman–Crippen MR) is 70.9 cm³/mol. The fraction of sp³-hybridized carbons (Fsp3) is 0.167. The molecule has 0 saturated carbocycles. The highest BCUT2D eigenvalue weighted by atomic mass is 79.9. The Labute approximate surface area is 113 Å². The maximum atomic E-state index is 11.9. The molecule has 1 heterocycles. The maximum Gasteiger partial charge on any atom is 0.339 e. The molecule has 0 aliphatic rings. The Morgan fingerprint density at radius 2 is 2.33 bits per heavy atom. The quantitative estimate of drug-likeness (QED) is 0.696. The lowest BCUT2D eigenvalue weighted by Crippen LogP contribution is -2.06. The van der Waals surface area contributed by atoms with E-state index < -0.39 is 5.97 Å². The zero-order chi connectivity index (χ0) is 13.1. The minimum Gasteiger partial charge on any atom is -0.457 e. The molecule has 0 radical (unpaired) electrons. The standard InChI is InChI=1S/C12H12BrN3O2/c1-16-6-8(5-15-16)7-18-12(17)10-4-9(14)2-3-11(10)13/h2-6H,7,14H2,1H3. The Bertz CT molecular complexity index is 580. The second-order valence-electron chi connectivity index (χ2n) is 3.84. The SMILES string of the molecule is Cn1cc(COC(=O)c2cc(N)ccc2Br)cn1. The first-order chi connectivity index (χ1) is 8.56. The lowest BCUT2D eigenvalue weighted by Gasteiger charge is -2.06. The fourth-order valence-corrected chi connectivity index (χ4v) is 1.88. The second kappa shape index (κ2) is 5.22. The molecular formula is C12H12BrN3O2. The molecule has 2 N–H and O–H groups in total. The van der Waals surface area contributed by atoms with E-state index in [1.807, 2.05) is 0 Å². The van der Waals surface area contributed by atoms with Gasteiger partial charge >= 0.3 is 5.97 Å². The van der Waals surface area contributed by atoms with Gasteiger partial charge in [-0.05, 0) is 34.1 Å². The molecule has 18 heavy (non-hydrogen) atoms. The molecule has 1 aromatic heterocycles. The summed E-state index contributed by atoms with van der Waals surface area (Å²) in [4.78, 5) is 11.9. The van der Waals surface area contributed by atoms with E-state index in [-0.39, 0.29) is 6.61 Å². The number of esters is 1. The van der Waals surface area contributed by atoms with E-state index in [0.717, 1.165) is 5.56 Å². The summed E-state index contributed by atoms with van der Waals surface area (Å²) in [7, 11) is 1.81. The molecule has 2 rings (SSSR count).